The fraction of sp³-hybridized carbons (Fsp3) is 0.464. The van der Waals surface area contributed by atoms with Crippen LogP contribution in [0.5, 0.6) is 5.75 Å². The number of rotatable bonds is 11. The van der Waals surface area contributed by atoms with Crippen molar-refractivity contribution in [1.82, 2.24) is 10.6 Å². The Hall–Kier alpha value is -3.76. The summed E-state index contributed by atoms with van der Waals surface area (Å²) in [7, 11) is 0. The number of ether oxygens (including phenoxy) is 1. The molecule has 212 valence electrons. The molecule has 0 aliphatic heterocycles. The van der Waals surface area contributed by atoms with E-state index in [0.29, 0.717) is 55.1 Å². The first kappa shape index (κ1) is 29.8. The summed E-state index contributed by atoms with van der Waals surface area (Å²) in [6.07, 6.45) is -1.56. The number of phenols is 1. The Morgan fingerprint density at radius 1 is 1.23 bits per heavy atom. The molecule has 3 rings (SSSR count). The minimum Gasteiger partial charge on any atom is -0.508 e. The van der Waals surface area contributed by atoms with E-state index in [2.05, 4.69) is 10.6 Å². The molecule has 2 aromatic rings. The normalized spacial score (nSPS) is 16.7. The molecule has 0 bridgehead atoms. The molecule has 0 saturated heterocycles. The molecule has 2 amide bonds. The van der Waals surface area contributed by atoms with Crippen LogP contribution in [0.3, 0.4) is 0 Å². The highest BCUT2D eigenvalue weighted by molar-refractivity contribution is 5.81. The third kappa shape index (κ3) is 7.21. The van der Waals surface area contributed by atoms with Gasteiger partial charge in [0.25, 0.3) is 0 Å². The number of fused-ring (bicyclic) bond motifs is 1. The van der Waals surface area contributed by atoms with E-state index in [1.165, 1.54) is 12.1 Å². The third-order valence-corrected chi connectivity index (χ3v) is 6.73. The van der Waals surface area contributed by atoms with Gasteiger partial charge in [-0.1, -0.05) is 25.5 Å². The van der Waals surface area contributed by atoms with Crippen molar-refractivity contribution in [2.24, 2.45) is 5.92 Å². The van der Waals surface area contributed by atoms with Crippen LogP contribution < -0.4 is 16.3 Å². The fourth-order valence-corrected chi connectivity index (χ4v) is 4.71. The quantitative estimate of drug-likeness (QED) is 0.259. The van der Waals surface area contributed by atoms with Gasteiger partial charge in [0, 0.05) is 29.7 Å². The number of carbonyl (C=O) groups excluding carboxylic acids is 2. The standard InChI is InChI=1S/C28H33F3N2O6/c1-4-7-18-14-21-22(28(29,30)31)15-23(36)39-25(21)17(2)24(18)38-13-6-5-12-32-26(37)33-27(3,16-34)19-8-10-20(35)11-9-19/h8-11,15-16,18,35H,4-7,12-14H2,1-3H3,(H2,32,33,37). The van der Waals surface area contributed by atoms with Crippen LogP contribution >= 0.6 is 0 Å². The highest BCUT2D eigenvalue weighted by atomic mass is 19.4. The van der Waals surface area contributed by atoms with Crippen LogP contribution in [0.4, 0.5) is 18.0 Å². The van der Waals surface area contributed by atoms with Crippen molar-refractivity contribution < 1.29 is 37.0 Å². The molecule has 0 fully saturated rings. The first-order valence-corrected chi connectivity index (χ1v) is 12.8. The summed E-state index contributed by atoms with van der Waals surface area (Å²) in [6.45, 7) is 5.64. The summed E-state index contributed by atoms with van der Waals surface area (Å²) >= 11 is 0. The van der Waals surface area contributed by atoms with Crippen molar-refractivity contribution in [3.8, 4) is 5.75 Å². The Morgan fingerprint density at radius 2 is 1.92 bits per heavy atom. The van der Waals surface area contributed by atoms with Crippen LogP contribution in [0.15, 0.2) is 45.3 Å². The van der Waals surface area contributed by atoms with E-state index < -0.39 is 28.9 Å². The van der Waals surface area contributed by atoms with Gasteiger partial charge in [-0.15, -0.1) is 0 Å². The number of phenolic OH excluding ortho intramolecular Hbond substituents is 1. The second-order valence-corrected chi connectivity index (χ2v) is 9.77. The van der Waals surface area contributed by atoms with Gasteiger partial charge in [-0.3, -0.25) is 0 Å². The number of urea groups is 1. The van der Waals surface area contributed by atoms with Gasteiger partial charge < -0.3 is 29.7 Å². The summed E-state index contributed by atoms with van der Waals surface area (Å²) in [5, 5.41) is 14.7. The van der Waals surface area contributed by atoms with Crippen LogP contribution in [0.25, 0.3) is 5.57 Å². The highest BCUT2D eigenvalue weighted by Gasteiger charge is 2.39. The van der Waals surface area contributed by atoms with Crippen molar-refractivity contribution in [3.63, 3.8) is 0 Å². The Labute approximate surface area is 224 Å². The number of allylic oxidation sites excluding steroid dienone is 2. The number of alkyl halides is 3. The monoisotopic (exact) mass is 550 g/mol. The number of hydrogen-bond donors (Lipinski definition) is 3. The lowest BCUT2D eigenvalue weighted by Gasteiger charge is -2.29. The molecule has 0 spiro atoms. The third-order valence-electron chi connectivity index (χ3n) is 6.73. The van der Waals surface area contributed by atoms with E-state index in [9.17, 15) is 32.7 Å². The molecular formula is C28H33F3N2O6. The minimum atomic E-state index is -4.66. The molecule has 39 heavy (non-hydrogen) atoms. The molecular weight excluding hydrogens is 517 g/mol. The molecule has 0 radical (unpaired) electrons. The van der Waals surface area contributed by atoms with Crippen LogP contribution in [0.2, 0.25) is 0 Å². The second-order valence-electron chi connectivity index (χ2n) is 9.77. The number of halogens is 3. The lowest BCUT2D eigenvalue weighted by molar-refractivity contribution is -0.138. The first-order chi connectivity index (χ1) is 18.4. The SMILES string of the molecule is CCCC1Cc2c(C(F)(F)F)cc(=O)oc2C(C)=C1OCCCCNC(=O)NC(C)(C=O)c1ccc(O)cc1. The summed E-state index contributed by atoms with van der Waals surface area (Å²) in [6, 6.07) is 5.90. The van der Waals surface area contributed by atoms with Gasteiger partial charge >= 0.3 is 17.8 Å². The predicted molar refractivity (Wildman–Crippen MR) is 138 cm³/mol. The topological polar surface area (TPSA) is 118 Å². The molecule has 2 unspecified atom stereocenters. The van der Waals surface area contributed by atoms with Crippen molar-refractivity contribution >= 4 is 17.9 Å². The average Bonchev–Trinajstić information content (AvgIpc) is 2.87. The van der Waals surface area contributed by atoms with Gasteiger partial charge in [-0.2, -0.15) is 13.2 Å². The van der Waals surface area contributed by atoms with Gasteiger partial charge in [0.1, 0.15) is 29.1 Å². The van der Waals surface area contributed by atoms with E-state index in [1.54, 1.807) is 26.0 Å². The van der Waals surface area contributed by atoms with Crippen LogP contribution in [0, 0.1) is 5.92 Å². The Morgan fingerprint density at radius 3 is 2.54 bits per heavy atom. The average molecular weight is 551 g/mol. The second kappa shape index (κ2) is 12.4. The summed E-state index contributed by atoms with van der Waals surface area (Å²) in [5.74, 6) is 0.204. The lowest BCUT2D eigenvalue weighted by atomic mass is 9.82. The zero-order valence-electron chi connectivity index (χ0n) is 22.1. The van der Waals surface area contributed by atoms with Crippen molar-refractivity contribution in [2.75, 3.05) is 13.2 Å². The zero-order chi connectivity index (χ0) is 28.8. The lowest BCUT2D eigenvalue weighted by Crippen LogP contribution is -2.49. The largest absolute Gasteiger partial charge is 0.508 e. The smallest absolute Gasteiger partial charge is 0.417 e. The predicted octanol–water partition coefficient (Wildman–Crippen LogP) is 5.28. The number of amides is 2. The van der Waals surface area contributed by atoms with Gasteiger partial charge in [0.05, 0.1) is 12.2 Å². The molecule has 11 heteroatoms. The number of carbonyl (C=O) groups is 2. The van der Waals surface area contributed by atoms with Gasteiger partial charge in [-0.25, -0.2) is 9.59 Å². The number of aromatic hydroxyl groups is 1. The van der Waals surface area contributed by atoms with Crippen LogP contribution in [0.1, 0.15) is 68.9 Å². The molecule has 1 aliphatic carbocycles. The molecule has 1 aromatic carbocycles. The van der Waals surface area contributed by atoms with Gasteiger partial charge in [-0.05, 0) is 57.2 Å². The van der Waals surface area contributed by atoms with E-state index in [-0.39, 0.29) is 36.0 Å². The van der Waals surface area contributed by atoms with Crippen molar-refractivity contribution in [1.29, 1.82) is 0 Å². The molecule has 8 nitrogen and oxygen atoms in total. The molecule has 1 aliphatic rings. The maximum absolute atomic E-state index is 13.6. The zero-order valence-corrected chi connectivity index (χ0v) is 22.1. The summed E-state index contributed by atoms with van der Waals surface area (Å²) in [4.78, 5) is 35.9. The highest BCUT2D eigenvalue weighted by Crippen LogP contribution is 2.42. The fourth-order valence-electron chi connectivity index (χ4n) is 4.71. The maximum atomic E-state index is 13.6. The molecule has 3 N–H and O–H groups in total. The molecule has 0 saturated carbocycles. The number of aldehydes is 1. The van der Waals surface area contributed by atoms with E-state index >= 15 is 0 Å². The maximum Gasteiger partial charge on any atom is 0.417 e. The molecule has 1 heterocycles. The van der Waals surface area contributed by atoms with Gasteiger partial charge in [0.2, 0.25) is 0 Å². The minimum absolute atomic E-state index is 0.0183. The Kier molecular flexibility index (Phi) is 9.47. The van der Waals surface area contributed by atoms with Gasteiger partial charge in [0.15, 0.2) is 0 Å². The summed E-state index contributed by atoms with van der Waals surface area (Å²) in [5.41, 5.74) is -2.43. The van der Waals surface area contributed by atoms with Crippen molar-refractivity contribution in [3.05, 3.63) is 69.0 Å². The first-order valence-electron chi connectivity index (χ1n) is 12.8. The van der Waals surface area contributed by atoms with E-state index in [0.717, 1.165) is 6.42 Å². The Bertz CT molecular complexity index is 1270. The van der Waals surface area contributed by atoms with E-state index in [4.69, 9.17) is 9.15 Å². The molecule has 2 atom stereocenters. The Balaban J connectivity index is 1.58. The summed E-state index contributed by atoms with van der Waals surface area (Å²) < 4.78 is 52.0. The van der Waals surface area contributed by atoms with E-state index in [1.807, 2.05) is 6.92 Å². The van der Waals surface area contributed by atoms with Crippen molar-refractivity contribution in [2.45, 2.75) is 64.6 Å². The number of hydrogen-bond acceptors (Lipinski definition) is 6. The van der Waals surface area contributed by atoms with Crippen LogP contribution in [-0.4, -0.2) is 30.6 Å². The number of unbranched alkanes of at least 4 members (excludes halogenated alkanes) is 1. The number of nitrogens with one attached hydrogen (secondary N) is 2. The molecule has 1 aromatic heterocycles. The number of benzene rings is 1. The van der Waals surface area contributed by atoms with Crippen LogP contribution in [-0.2, 0) is 27.7 Å².